The molecule has 0 aliphatic heterocycles. The second kappa shape index (κ2) is 13.6. The second-order valence-corrected chi connectivity index (χ2v) is 16.1. The predicted octanol–water partition coefficient (Wildman–Crippen LogP) is 15.6. The maximum atomic E-state index is 2.48. The zero-order chi connectivity index (χ0) is 40.7. The molecule has 0 radical (unpaired) electrons. The summed E-state index contributed by atoms with van der Waals surface area (Å²) in [5.41, 5.74) is 13.8. The number of rotatable bonds is 6. The highest BCUT2D eigenvalue weighted by Gasteiger charge is 2.25. The molecule has 0 atom stereocenters. The largest absolute Gasteiger partial charge is 0.310 e. The highest BCUT2D eigenvalue weighted by atomic mass is 15.1. The fraction of sp³-hybridized carbons (Fsp3) is 0. The molecule has 0 fully saturated rings. The zero-order valence-corrected chi connectivity index (χ0v) is 33.7. The van der Waals surface area contributed by atoms with Crippen molar-refractivity contribution >= 4 is 93.3 Å². The Bertz CT molecular complexity index is 3850. The first-order valence-corrected chi connectivity index (χ1v) is 21.3. The van der Waals surface area contributed by atoms with Crippen LogP contribution in [-0.4, -0.2) is 13.7 Å². The minimum Gasteiger partial charge on any atom is -0.310 e. The quantitative estimate of drug-likeness (QED) is 0.164. The van der Waals surface area contributed by atoms with Crippen molar-refractivity contribution in [1.29, 1.82) is 0 Å². The molecule has 13 aromatic rings. The Kier molecular flexibility index (Phi) is 7.57. The van der Waals surface area contributed by atoms with Gasteiger partial charge in [-0.05, 0) is 107 Å². The highest BCUT2D eigenvalue weighted by molar-refractivity contribution is 6.23. The molecule has 290 valence electrons. The van der Waals surface area contributed by atoms with Crippen LogP contribution in [0, 0.1) is 0 Å². The Hall–Kier alpha value is -8.34. The molecule has 0 saturated heterocycles. The Morgan fingerprint density at radius 3 is 1.53 bits per heavy atom. The van der Waals surface area contributed by atoms with Crippen molar-refractivity contribution in [1.82, 2.24) is 13.7 Å². The van der Waals surface area contributed by atoms with E-state index in [-0.39, 0.29) is 0 Å². The molecule has 0 amide bonds. The van der Waals surface area contributed by atoms with Gasteiger partial charge in [0.25, 0.3) is 0 Å². The standard InChI is InChI=1S/C58H38N4/c1-4-20-41(21-5-1)59(51-30-16-19-39-17-10-12-26-46(39)51)44-32-34-49-54(37-44)61(42-22-6-2-7-23-42)58-50-35-33-45(38-55(50)62(57(49)58)43-24-8-3-9-25-43)60-52-29-15-14-28-48(52)56-47-27-13-11-18-40(47)31-36-53(56)60/h1-38H. The first kappa shape index (κ1) is 34.5. The van der Waals surface area contributed by atoms with Crippen molar-refractivity contribution in [3.05, 3.63) is 231 Å². The molecule has 4 nitrogen and oxygen atoms in total. The molecule has 3 heterocycles. The Morgan fingerprint density at radius 2 is 0.823 bits per heavy atom. The van der Waals surface area contributed by atoms with E-state index < -0.39 is 0 Å². The fourth-order valence-corrected chi connectivity index (χ4v) is 10.2. The summed E-state index contributed by atoms with van der Waals surface area (Å²) in [4.78, 5) is 2.40. The maximum Gasteiger partial charge on any atom is 0.0803 e. The number of para-hydroxylation sites is 4. The summed E-state index contributed by atoms with van der Waals surface area (Å²) >= 11 is 0. The molecule has 0 N–H and O–H groups in total. The summed E-state index contributed by atoms with van der Waals surface area (Å²) in [6, 6.07) is 83.9. The zero-order valence-electron chi connectivity index (χ0n) is 33.7. The Balaban J connectivity index is 1.13. The van der Waals surface area contributed by atoms with E-state index in [4.69, 9.17) is 0 Å². The lowest BCUT2D eigenvalue weighted by molar-refractivity contribution is 1.16. The van der Waals surface area contributed by atoms with Crippen molar-refractivity contribution < 1.29 is 0 Å². The molecule has 0 saturated carbocycles. The topological polar surface area (TPSA) is 18.0 Å². The van der Waals surface area contributed by atoms with Crippen molar-refractivity contribution in [2.45, 2.75) is 0 Å². The van der Waals surface area contributed by atoms with E-state index in [0.717, 1.165) is 45.2 Å². The smallest absolute Gasteiger partial charge is 0.0803 e. The maximum absolute atomic E-state index is 2.48. The van der Waals surface area contributed by atoms with Gasteiger partial charge in [-0.15, -0.1) is 0 Å². The van der Waals surface area contributed by atoms with Gasteiger partial charge in [-0.1, -0.05) is 140 Å². The summed E-state index contributed by atoms with van der Waals surface area (Å²) in [7, 11) is 0. The van der Waals surface area contributed by atoms with Gasteiger partial charge in [0, 0.05) is 55.4 Å². The molecule has 62 heavy (non-hydrogen) atoms. The van der Waals surface area contributed by atoms with Crippen LogP contribution >= 0.6 is 0 Å². The number of hydrogen-bond donors (Lipinski definition) is 0. The first-order valence-electron chi connectivity index (χ1n) is 21.3. The Labute approximate surface area is 358 Å². The third kappa shape index (κ3) is 5.07. The van der Waals surface area contributed by atoms with Crippen molar-refractivity contribution in [3.8, 4) is 17.1 Å². The van der Waals surface area contributed by atoms with Crippen molar-refractivity contribution in [2.24, 2.45) is 0 Å². The van der Waals surface area contributed by atoms with Gasteiger partial charge in [0.05, 0.1) is 38.8 Å². The molecule has 4 heteroatoms. The van der Waals surface area contributed by atoms with E-state index in [0.29, 0.717) is 0 Å². The summed E-state index contributed by atoms with van der Waals surface area (Å²) in [5.74, 6) is 0. The van der Waals surface area contributed by atoms with Crippen LogP contribution in [0.25, 0.3) is 93.3 Å². The highest BCUT2D eigenvalue weighted by Crippen LogP contribution is 2.46. The van der Waals surface area contributed by atoms with E-state index in [2.05, 4.69) is 249 Å². The van der Waals surface area contributed by atoms with E-state index in [1.807, 2.05) is 0 Å². The summed E-state index contributed by atoms with van der Waals surface area (Å²) in [5, 5.41) is 9.85. The summed E-state index contributed by atoms with van der Waals surface area (Å²) < 4.78 is 7.41. The molecule has 0 spiro atoms. The molecular weight excluding hydrogens is 753 g/mol. The molecule has 10 aromatic carbocycles. The summed E-state index contributed by atoms with van der Waals surface area (Å²) in [6.45, 7) is 0. The van der Waals surface area contributed by atoms with Crippen LogP contribution in [0.1, 0.15) is 0 Å². The van der Waals surface area contributed by atoms with Gasteiger partial charge >= 0.3 is 0 Å². The number of hydrogen-bond acceptors (Lipinski definition) is 1. The van der Waals surface area contributed by atoms with E-state index in [1.165, 1.54) is 65.2 Å². The van der Waals surface area contributed by atoms with Gasteiger partial charge in [0.2, 0.25) is 0 Å². The van der Waals surface area contributed by atoms with Gasteiger partial charge in [-0.25, -0.2) is 0 Å². The van der Waals surface area contributed by atoms with Gasteiger partial charge in [0.1, 0.15) is 0 Å². The molecule has 3 aromatic heterocycles. The van der Waals surface area contributed by atoms with E-state index in [1.54, 1.807) is 0 Å². The van der Waals surface area contributed by atoms with Crippen LogP contribution in [-0.2, 0) is 0 Å². The number of anilines is 3. The van der Waals surface area contributed by atoms with Crippen LogP contribution in [0.5, 0.6) is 0 Å². The predicted molar refractivity (Wildman–Crippen MR) is 262 cm³/mol. The van der Waals surface area contributed by atoms with Crippen LogP contribution < -0.4 is 4.90 Å². The third-order valence-electron chi connectivity index (χ3n) is 12.8. The number of benzene rings is 10. The number of aromatic nitrogens is 3. The molecular formula is C58H38N4. The number of nitrogens with zero attached hydrogens (tertiary/aromatic N) is 4. The lowest BCUT2D eigenvalue weighted by Crippen LogP contribution is -2.10. The molecule has 13 rings (SSSR count). The van der Waals surface area contributed by atoms with Crippen LogP contribution in [0.3, 0.4) is 0 Å². The van der Waals surface area contributed by atoms with Crippen molar-refractivity contribution in [2.75, 3.05) is 4.90 Å². The van der Waals surface area contributed by atoms with Crippen LogP contribution in [0.15, 0.2) is 231 Å². The van der Waals surface area contributed by atoms with Crippen LogP contribution in [0.2, 0.25) is 0 Å². The van der Waals surface area contributed by atoms with Gasteiger partial charge in [-0.3, -0.25) is 0 Å². The molecule has 0 aliphatic rings. The molecule has 0 aliphatic carbocycles. The van der Waals surface area contributed by atoms with Crippen LogP contribution in [0.4, 0.5) is 17.1 Å². The average molecular weight is 791 g/mol. The normalized spacial score (nSPS) is 11.9. The SMILES string of the molecule is c1ccc(N(c2ccc3c(c2)n(-c2ccccc2)c2c4ccc(-n5c6ccccc6c6c7ccccc7ccc65)cc4n(-c4ccccc4)c32)c2cccc3ccccc23)cc1. The molecule has 0 unspecified atom stereocenters. The lowest BCUT2D eigenvalue weighted by Gasteiger charge is -2.27. The average Bonchev–Trinajstić information content (AvgIpc) is 3.97. The summed E-state index contributed by atoms with van der Waals surface area (Å²) in [6.07, 6.45) is 0. The number of fused-ring (bicyclic) bond motifs is 11. The fourth-order valence-electron chi connectivity index (χ4n) is 10.2. The molecule has 0 bridgehead atoms. The second-order valence-electron chi connectivity index (χ2n) is 16.1. The van der Waals surface area contributed by atoms with Gasteiger partial charge in [0.15, 0.2) is 0 Å². The lowest BCUT2D eigenvalue weighted by atomic mass is 10.0. The Morgan fingerprint density at radius 1 is 0.274 bits per heavy atom. The van der Waals surface area contributed by atoms with E-state index in [9.17, 15) is 0 Å². The van der Waals surface area contributed by atoms with Gasteiger partial charge in [-0.2, -0.15) is 0 Å². The van der Waals surface area contributed by atoms with E-state index >= 15 is 0 Å². The minimum atomic E-state index is 1.09. The monoisotopic (exact) mass is 790 g/mol. The van der Waals surface area contributed by atoms with Crippen molar-refractivity contribution in [3.63, 3.8) is 0 Å². The minimum absolute atomic E-state index is 1.09. The third-order valence-corrected chi connectivity index (χ3v) is 12.8. The first-order chi connectivity index (χ1) is 30.8. The van der Waals surface area contributed by atoms with Gasteiger partial charge < -0.3 is 18.6 Å².